The highest BCUT2D eigenvalue weighted by molar-refractivity contribution is 5.66. The van der Waals surface area contributed by atoms with Crippen molar-refractivity contribution in [3.63, 3.8) is 0 Å². The van der Waals surface area contributed by atoms with Crippen molar-refractivity contribution in [2.75, 3.05) is 6.54 Å². The van der Waals surface area contributed by atoms with Gasteiger partial charge in [0.15, 0.2) is 0 Å². The van der Waals surface area contributed by atoms with Gasteiger partial charge in [0.2, 0.25) is 0 Å². The third-order valence-corrected chi connectivity index (χ3v) is 3.16. The lowest BCUT2D eigenvalue weighted by Gasteiger charge is -2.20. The topological polar surface area (TPSA) is 79.7 Å². The van der Waals surface area contributed by atoms with E-state index in [9.17, 15) is 4.79 Å². The molecule has 0 fully saturated rings. The fraction of sp³-hybridized carbons (Fsp3) is 0.429. The van der Waals surface area contributed by atoms with Crippen molar-refractivity contribution in [1.82, 2.24) is 10.1 Å². The SMILES string of the molecule is Cc1noc(C)c1CN(CCC(=O)O)Cc1ccco1. The van der Waals surface area contributed by atoms with E-state index in [1.54, 1.807) is 6.26 Å². The van der Waals surface area contributed by atoms with E-state index in [1.165, 1.54) is 0 Å². The molecule has 2 heterocycles. The van der Waals surface area contributed by atoms with Crippen LogP contribution >= 0.6 is 0 Å². The summed E-state index contributed by atoms with van der Waals surface area (Å²) >= 11 is 0. The normalized spacial score (nSPS) is 11.2. The van der Waals surface area contributed by atoms with Gasteiger partial charge in [-0.15, -0.1) is 0 Å². The van der Waals surface area contributed by atoms with Crippen molar-refractivity contribution in [3.8, 4) is 0 Å². The average molecular weight is 278 g/mol. The number of furan rings is 1. The van der Waals surface area contributed by atoms with Crippen molar-refractivity contribution in [2.24, 2.45) is 0 Å². The molecule has 108 valence electrons. The molecule has 0 radical (unpaired) electrons. The van der Waals surface area contributed by atoms with E-state index in [-0.39, 0.29) is 6.42 Å². The lowest BCUT2D eigenvalue weighted by Crippen LogP contribution is -2.26. The molecular weight excluding hydrogens is 260 g/mol. The second kappa shape index (κ2) is 6.38. The summed E-state index contributed by atoms with van der Waals surface area (Å²) in [4.78, 5) is 12.8. The van der Waals surface area contributed by atoms with E-state index in [0.29, 0.717) is 19.6 Å². The standard InChI is InChI=1S/C14H18N2O4/c1-10-13(11(2)20-15-10)9-16(6-5-14(17)18)8-12-4-3-7-19-12/h3-4,7H,5-6,8-9H2,1-2H3,(H,17,18). The molecule has 2 rings (SSSR count). The third-order valence-electron chi connectivity index (χ3n) is 3.16. The molecule has 6 heteroatoms. The molecule has 0 aromatic carbocycles. The number of aryl methyl sites for hydroxylation is 2. The van der Waals surface area contributed by atoms with Crippen LogP contribution in [-0.4, -0.2) is 27.7 Å². The van der Waals surface area contributed by atoms with Crippen LogP contribution in [0.5, 0.6) is 0 Å². The summed E-state index contributed by atoms with van der Waals surface area (Å²) < 4.78 is 10.5. The van der Waals surface area contributed by atoms with E-state index < -0.39 is 5.97 Å². The van der Waals surface area contributed by atoms with Gasteiger partial charge in [0.25, 0.3) is 0 Å². The van der Waals surface area contributed by atoms with Crippen molar-refractivity contribution in [2.45, 2.75) is 33.4 Å². The maximum atomic E-state index is 10.8. The van der Waals surface area contributed by atoms with Crippen LogP contribution in [0.4, 0.5) is 0 Å². The van der Waals surface area contributed by atoms with Crippen LogP contribution in [-0.2, 0) is 17.9 Å². The molecule has 0 spiro atoms. The first-order valence-corrected chi connectivity index (χ1v) is 6.44. The highest BCUT2D eigenvalue weighted by atomic mass is 16.5. The molecule has 1 N–H and O–H groups in total. The first-order valence-electron chi connectivity index (χ1n) is 6.44. The summed E-state index contributed by atoms with van der Waals surface area (Å²) in [7, 11) is 0. The summed E-state index contributed by atoms with van der Waals surface area (Å²) in [6.07, 6.45) is 1.70. The molecule has 0 saturated carbocycles. The van der Waals surface area contributed by atoms with Crippen LogP contribution in [0.1, 0.15) is 29.2 Å². The minimum atomic E-state index is -0.812. The monoisotopic (exact) mass is 278 g/mol. The molecule has 20 heavy (non-hydrogen) atoms. The Hall–Kier alpha value is -2.08. The number of rotatable bonds is 7. The Morgan fingerprint density at radius 1 is 1.40 bits per heavy atom. The van der Waals surface area contributed by atoms with Gasteiger partial charge in [-0.3, -0.25) is 9.69 Å². The van der Waals surface area contributed by atoms with Gasteiger partial charge in [0, 0.05) is 18.7 Å². The zero-order chi connectivity index (χ0) is 14.5. The number of nitrogens with zero attached hydrogens (tertiary/aromatic N) is 2. The van der Waals surface area contributed by atoms with E-state index >= 15 is 0 Å². The van der Waals surface area contributed by atoms with Gasteiger partial charge < -0.3 is 14.0 Å². The highest BCUT2D eigenvalue weighted by Gasteiger charge is 2.16. The molecule has 0 unspecified atom stereocenters. The second-order valence-electron chi connectivity index (χ2n) is 4.74. The number of carboxylic acids is 1. The maximum absolute atomic E-state index is 10.8. The lowest BCUT2D eigenvalue weighted by molar-refractivity contribution is -0.137. The maximum Gasteiger partial charge on any atom is 0.304 e. The smallest absolute Gasteiger partial charge is 0.304 e. The number of hydrogen-bond acceptors (Lipinski definition) is 5. The van der Waals surface area contributed by atoms with E-state index in [2.05, 4.69) is 5.16 Å². The molecular formula is C14H18N2O4. The minimum Gasteiger partial charge on any atom is -0.481 e. The van der Waals surface area contributed by atoms with Gasteiger partial charge in [0.05, 0.1) is 24.9 Å². The molecule has 0 aliphatic carbocycles. The Bertz CT molecular complexity index is 540. The first-order chi connectivity index (χ1) is 9.56. The second-order valence-corrected chi connectivity index (χ2v) is 4.74. The Kier molecular flexibility index (Phi) is 4.57. The van der Waals surface area contributed by atoms with Gasteiger partial charge in [-0.2, -0.15) is 0 Å². The van der Waals surface area contributed by atoms with Crippen LogP contribution in [0.3, 0.4) is 0 Å². The van der Waals surface area contributed by atoms with E-state index in [0.717, 1.165) is 22.8 Å². The minimum absolute atomic E-state index is 0.0874. The Labute approximate surface area is 117 Å². The predicted molar refractivity (Wildman–Crippen MR) is 71.1 cm³/mol. The van der Waals surface area contributed by atoms with Crippen LogP contribution in [0.15, 0.2) is 27.3 Å². The van der Waals surface area contributed by atoms with Crippen molar-refractivity contribution in [3.05, 3.63) is 41.2 Å². The Morgan fingerprint density at radius 3 is 2.75 bits per heavy atom. The molecule has 2 aromatic heterocycles. The van der Waals surface area contributed by atoms with Crippen LogP contribution in [0, 0.1) is 13.8 Å². The number of aliphatic carboxylic acids is 1. The first kappa shape index (κ1) is 14.3. The molecule has 0 aliphatic rings. The predicted octanol–water partition coefficient (Wildman–Crippen LogP) is 2.36. The van der Waals surface area contributed by atoms with Crippen LogP contribution in [0.2, 0.25) is 0 Å². The summed E-state index contributed by atoms with van der Waals surface area (Å²) in [6, 6.07) is 3.70. The molecule has 0 bridgehead atoms. The zero-order valence-corrected chi connectivity index (χ0v) is 11.6. The van der Waals surface area contributed by atoms with Gasteiger partial charge in [-0.05, 0) is 26.0 Å². The van der Waals surface area contributed by atoms with Gasteiger partial charge in [-0.1, -0.05) is 5.16 Å². The molecule has 2 aromatic rings. The molecule has 0 amide bonds. The zero-order valence-electron chi connectivity index (χ0n) is 11.6. The highest BCUT2D eigenvalue weighted by Crippen LogP contribution is 2.17. The van der Waals surface area contributed by atoms with Crippen molar-refractivity contribution >= 4 is 5.97 Å². The molecule has 0 atom stereocenters. The Balaban J connectivity index is 2.07. The Morgan fingerprint density at radius 2 is 2.20 bits per heavy atom. The fourth-order valence-corrected chi connectivity index (χ4v) is 2.04. The number of carbonyl (C=O) groups is 1. The van der Waals surface area contributed by atoms with Gasteiger partial charge in [-0.25, -0.2) is 0 Å². The number of hydrogen-bond donors (Lipinski definition) is 1. The summed E-state index contributed by atoms with van der Waals surface area (Å²) in [5.74, 6) is 0.762. The van der Waals surface area contributed by atoms with Crippen LogP contribution < -0.4 is 0 Å². The van der Waals surface area contributed by atoms with E-state index in [1.807, 2.05) is 30.9 Å². The van der Waals surface area contributed by atoms with Gasteiger partial charge >= 0.3 is 5.97 Å². The quantitative estimate of drug-likeness (QED) is 0.837. The average Bonchev–Trinajstić information content (AvgIpc) is 3.00. The largest absolute Gasteiger partial charge is 0.481 e. The molecule has 0 saturated heterocycles. The van der Waals surface area contributed by atoms with Crippen molar-refractivity contribution in [1.29, 1.82) is 0 Å². The summed E-state index contributed by atoms with van der Waals surface area (Å²) in [5.41, 5.74) is 1.84. The summed E-state index contributed by atoms with van der Waals surface area (Å²) in [6.45, 7) is 5.34. The van der Waals surface area contributed by atoms with Crippen molar-refractivity contribution < 1.29 is 18.8 Å². The summed E-state index contributed by atoms with van der Waals surface area (Å²) in [5, 5.41) is 12.8. The van der Waals surface area contributed by atoms with E-state index in [4.69, 9.17) is 14.0 Å². The number of carboxylic acid groups (broad SMARTS) is 1. The fourth-order valence-electron chi connectivity index (χ4n) is 2.04. The lowest BCUT2D eigenvalue weighted by atomic mass is 10.2. The molecule has 6 nitrogen and oxygen atoms in total. The van der Waals surface area contributed by atoms with Gasteiger partial charge in [0.1, 0.15) is 11.5 Å². The van der Waals surface area contributed by atoms with Crippen LogP contribution in [0.25, 0.3) is 0 Å². The number of aromatic nitrogens is 1. The molecule has 0 aliphatic heterocycles. The third kappa shape index (κ3) is 3.71.